The topological polar surface area (TPSA) is 73.9 Å². The van der Waals surface area contributed by atoms with Gasteiger partial charge in [-0.2, -0.15) is 0 Å². The lowest BCUT2D eigenvalue weighted by atomic mass is 10.0. The normalized spacial score (nSPS) is 17.0. The molecule has 1 saturated heterocycles. The number of carbonyl (C=O) groups excluding carboxylic acids is 1. The van der Waals surface area contributed by atoms with Crippen LogP contribution in [0.5, 0.6) is 0 Å². The number of anilines is 1. The Morgan fingerprint density at radius 2 is 2.37 bits per heavy atom. The molecule has 138 valence electrons. The van der Waals surface area contributed by atoms with Crippen LogP contribution in [0.2, 0.25) is 0 Å². The van der Waals surface area contributed by atoms with E-state index >= 15 is 0 Å². The first-order chi connectivity index (χ1) is 13.2. The fraction of sp³-hybridized carbons (Fsp3) is 0.350. The number of amides is 1. The van der Waals surface area contributed by atoms with Crippen LogP contribution in [-0.2, 0) is 4.79 Å². The van der Waals surface area contributed by atoms with Crippen molar-refractivity contribution < 1.29 is 4.79 Å². The van der Waals surface area contributed by atoms with Crippen LogP contribution >= 0.6 is 11.3 Å². The van der Waals surface area contributed by atoms with E-state index in [0.717, 1.165) is 51.6 Å². The van der Waals surface area contributed by atoms with Crippen molar-refractivity contribution in [2.75, 3.05) is 18.4 Å². The molecular formula is C20H21N5OS. The Labute approximate surface area is 162 Å². The third kappa shape index (κ3) is 3.53. The third-order valence-electron chi connectivity index (χ3n) is 4.85. The van der Waals surface area contributed by atoms with Crippen molar-refractivity contribution in [2.45, 2.75) is 32.2 Å². The number of nitrogens with zero attached hydrogens (tertiary/aromatic N) is 3. The van der Waals surface area contributed by atoms with Gasteiger partial charge in [0.1, 0.15) is 5.65 Å². The largest absolute Gasteiger partial charge is 0.379 e. The number of carbonyl (C=O) groups is 1. The second-order valence-electron chi connectivity index (χ2n) is 6.73. The Morgan fingerprint density at radius 1 is 1.48 bits per heavy atom. The zero-order valence-corrected chi connectivity index (χ0v) is 16.0. The van der Waals surface area contributed by atoms with Crippen LogP contribution in [0.25, 0.3) is 21.5 Å². The number of H-pyrrole nitrogens is 1. The van der Waals surface area contributed by atoms with E-state index in [4.69, 9.17) is 6.42 Å². The lowest BCUT2D eigenvalue weighted by Gasteiger charge is -2.34. The predicted molar refractivity (Wildman–Crippen MR) is 109 cm³/mol. The van der Waals surface area contributed by atoms with E-state index in [1.165, 1.54) is 0 Å². The highest BCUT2D eigenvalue weighted by molar-refractivity contribution is 7.15. The molecule has 27 heavy (non-hydrogen) atoms. The second kappa shape index (κ2) is 7.41. The van der Waals surface area contributed by atoms with Crippen LogP contribution in [0, 0.1) is 19.3 Å². The van der Waals surface area contributed by atoms with Crippen molar-refractivity contribution in [2.24, 2.45) is 0 Å². The first kappa shape index (κ1) is 17.6. The molecule has 4 heterocycles. The molecule has 0 radical (unpaired) electrons. The average molecular weight is 379 g/mol. The maximum Gasteiger partial charge on any atom is 0.234 e. The minimum absolute atomic E-state index is 0.0313. The van der Waals surface area contributed by atoms with E-state index in [1.807, 2.05) is 36.5 Å². The van der Waals surface area contributed by atoms with Gasteiger partial charge in [-0.3, -0.25) is 4.79 Å². The van der Waals surface area contributed by atoms with Gasteiger partial charge >= 0.3 is 0 Å². The monoisotopic (exact) mass is 379 g/mol. The summed E-state index contributed by atoms with van der Waals surface area (Å²) in [5.74, 6) is 2.48. The Morgan fingerprint density at radius 3 is 3.15 bits per heavy atom. The molecule has 6 nitrogen and oxygen atoms in total. The van der Waals surface area contributed by atoms with Crippen LogP contribution in [0.1, 0.15) is 24.3 Å². The van der Waals surface area contributed by atoms with Crippen LogP contribution in [0.15, 0.2) is 24.7 Å². The molecule has 1 amide bonds. The fourth-order valence-corrected chi connectivity index (χ4v) is 4.35. The van der Waals surface area contributed by atoms with Crippen molar-refractivity contribution in [3.8, 4) is 22.8 Å². The maximum atomic E-state index is 12.2. The number of likely N-dealkylation sites (tertiary alicyclic amines) is 1. The SMILES string of the molecule is C#CCC(=O)N1CCC[C@@H](Nc2c(-c3cnc(C)s3)cnc3[nH]ccc23)C1. The molecule has 0 spiro atoms. The van der Waals surface area contributed by atoms with E-state index in [1.54, 1.807) is 11.3 Å². The summed E-state index contributed by atoms with van der Waals surface area (Å²) in [5, 5.41) is 5.76. The van der Waals surface area contributed by atoms with Crippen molar-refractivity contribution in [3.05, 3.63) is 29.7 Å². The van der Waals surface area contributed by atoms with E-state index in [2.05, 4.69) is 26.2 Å². The molecule has 1 aliphatic heterocycles. The first-order valence-corrected chi connectivity index (χ1v) is 9.84. The van der Waals surface area contributed by atoms with Gasteiger partial charge < -0.3 is 15.2 Å². The molecule has 2 N–H and O–H groups in total. The summed E-state index contributed by atoms with van der Waals surface area (Å²) in [6.07, 6.45) is 13.1. The standard InChI is InChI=1S/C20H21N5OS/c1-3-5-18(26)25-9-4-6-14(12-25)24-19-15-7-8-21-20(15)23-10-16(19)17-11-22-13(2)27-17/h1,7-8,10-11,14H,4-6,9,12H2,2H3,(H2,21,23,24)/t14-/m1/s1. The molecule has 1 atom stereocenters. The number of hydrogen-bond acceptors (Lipinski definition) is 5. The number of aromatic amines is 1. The highest BCUT2D eigenvalue weighted by Crippen LogP contribution is 2.37. The number of pyridine rings is 1. The number of rotatable bonds is 4. The van der Waals surface area contributed by atoms with Gasteiger partial charge in [0.25, 0.3) is 0 Å². The van der Waals surface area contributed by atoms with Crippen LogP contribution < -0.4 is 5.32 Å². The molecule has 1 aliphatic rings. The lowest BCUT2D eigenvalue weighted by Crippen LogP contribution is -2.45. The predicted octanol–water partition coefficient (Wildman–Crippen LogP) is 3.42. The van der Waals surface area contributed by atoms with E-state index in [-0.39, 0.29) is 18.4 Å². The number of fused-ring (bicyclic) bond motifs is 1. The van der Waals surface area contributed by atoms with Gasteiger partial charge in [0.05, 0.1) is 22.0 Å². The Bertz CT molecular complexity index is 1010. The molecule has 0 bridgehead atoms. The molecule has 0 aromatic carbocycles. The van der Waals surface area contributed by atoms with Crippen LogP contribution in [0.3, 0.4) is 0 Å². The minimum Gasteiger partial charge on any atom is -0.379 e. The summed E-state index contributed by atoms with van der Waals surface area (Å²) in [5.41, 5.74) is 2.93. The summed E-state index contributed by atoms with van der Waals surface area (Å²) >= 11 is 1.65. The van der Waals surface area contributed by atoms with Gasteiger partial charge in [0, 0.05) is 48.7 Å². The fourth-order valence-electron chi connectivity index (χ4n) is 3.56. The number of terminal acetylenes is 1. The van der Waals surface area contributed by atoms with Crippen molar-refractivity contribution in [1.82, 2.24) is 19.9 Å². The van der Waals surface area contributed by atoms with Crippen molar-refractivity contribution >= 4 is 34.0 Å². The molecule has 0 aliphatic carbocycles. The molecule has 7 heteroatoms. The molecule has 0 unspecified atom stereocenters. The average Bonchev–Trinajstić information content (AvgIpc) is 3.31. The summed E-state index contributed by atoms with van der Waals surface area (Å²) in [6.45, 7) is 3.44. The highest BCUT2D eigenvalue weighted by atomic mass is 32.1. The van der Waals surface area contributed by atoms with Gasteiger partial charge in [-0.1, -0.05) is 5.92 Å². The van der Waals surface area contributed by atoms with Crippen LogP contribution in [-0.4, -0.2) is 44.9 Å². The smallest absolute Gasteiger partial charge is 0.234 e. The summed E-state index contributed by atoms with van der Waals surface area (Å²) in [6, 6.07) is 2.21. The zero-order valence-electron chi connectivity index (χ0n) is 15.2. The maximum absolute atomic E-state index is 12.2. The lowest BCUT2D eigenvalue weighted by molar-refractivity contribution is -0.131. The van der Waals surface area contributed by atoms with Gasteiger partial charge in [-0.05, 0) is 25.8 Å². The first-order valence-electron chi connectivity index (χ1n) is 9.02. The number of thiazole rings is 1. The summed E-state index contributed by atoms with van der Waals surface area (Å²) < 4.78 is 0. The van der Waals surface area contributed by atoms with Crippen LogP contribution in [0.4, 0.5) is 5.69 Å². The molecule has 0 saturated carbocycles. The third-order valence-corrected chi connectivity index (χ3v) is 5.80. The van der Waals surface area contributed by atoms with Crippen molar-refractivity contribution in [1.29, 1.82) is 0 Å². The number of aromatic nitrogens is 3. The van der Waals surface area contributed by atoms with Gasteiger partial charge in [0.2, 0.25) is 5.91 Å². The minimum atomic E-state index is 0.0313. The molecular weight excluding hydrogens is 358 g/mol. The van der Waals surface area contributed by atoms with E-state index in [9.17, 15) is 4.79 Å². The van der Waals surface area contributed by atoms with E-state index in [0.29, 0.717) is 6.54 Å². The van der Waals surface area contributed by atoms with Gasteiger partial charge in [0.15, 0.2) is 0 Å². The second-order valence-corrected chi connectivity index (χ2v) is 7.97. The molecule has 3 aromatic rings. The number of hydrogen-bond donors (Lipinski definition) is 2. The Balaban J connectivity index is 1.65. The molecule has 4 rings (SSSR count). The quantitative estimate of drug-likeness (QED) is 0.681. The van der Waals surface area contributed by atoms with Gasteiger partial charge in [-0.15, -0.1) is 17.8 Å². The molecule has 1 fully saturated rings. The Kier molecular flexibility index (Phi) is 4.82. The summed E-state index contributed by atoms with van der Waals surface area (Å²) in [7, 11) is 0. The van der Waals surface area contributed by atoms with Gasteiger partial charge in [-0.25, -0.2) is 9.97 Å². The highest BCUT2D eigenvalue weighted by Gasteiger charge is 2.25. The number of nitrogens with one attached hydrogen (secondary N) is 2. The number of aryl methyl sites for hydroxylation is 1. The Hall–Kier alpha value is -2.85. The number of piperidine rings is 1. The van der Waals surface area contributed by atoms with E-state index < -0.39 is 0 Å². The molecule has 3 aromatic heterocycles. The summed E-state index contributed by atoms with van der Waals surface area (Å²) in [4.78, 5) is 27.3. The zero-order chi connectivity index (χ0) is 18.8. The van der Waals surface area contributed by atoms with Crippen molar-refractivity contribution in [3.63, 3.8) is 0 Å².